The van der Waals surface area contributed by atoms with Crippen molar-refractivity contribution in [3.05, 3.63) is 48.0 Å². The lowest BCUT2D eigenvalue weighted by Gasteiger charge is -2.08. The molecule has 1 aromatic rings. The smallest absolute Gasteiger partial charge is 0.330 e. The molecule has 0 heterocycles. The van der Waals surface area contributed by atoms with Gasteiger partial charge in [-0.15, -0.1) is 0 Å². The molecule has 0 amide bonds. The van der Waals surface area contributed by atoms with Gasteiger partial charge in [0.15, 0.2) is 0 Å². The number of carbonyl (C=O) groups is 1. The minimum Gasteiger partial charge on any atom is -0.466 e. The molecule has 1 N–H and O–H groups in total. The Balaban J connectivity index is 2.73. The Kier molecular flexibility index (Phi) is 4.57. The van der Waals surface area contributed by atoms with Crippen LogP contribution < -0.4 is 0 Å². The summed E-state index contributed by atoms with van der Waals surface area (Å²) in [5.74, 6) is -0.574. The van der Waals surface area contributed by atoms with Gasteiger partial charge in [0.05, 0.1) is 13.7 Å². The maximum absolute atomic E-state index is 10.9. The highest BCUT2D eigenvalue weighted by atomic mass is 16.5. The Labute approximate surface area is 89.0 Å². The lowest BCUT2D eigenvalue weighted by atomic mass is 10.00. The normalized spacial score (nSPS) is 12.7. The van der Waals surface area contributed by atoms with E-state index in [0.29, 0.717) is 0 Å². The number of carbonyl (C=O) groups excluding carboxylic acids is 1. The predicted octanol–water partition coefficient (Wildman–Crippen LogP) is 1.49. The summed E-state index contributed by atoms with van der Waals surface area (Å²) in [6, 6.07) is 9.50. The van der Waals surface area contributed by atoms with E-state index in [0.717, 1.165) is 5.56 Å². The lowest BCUT2D eigenvalue weighted by molar-refractivity contribution is -0.134. The molecular formula is C12H14O3. The molecule has 0 bridgehead atoms. The number of aliphatic hydroxyl groups is 1. The van der Waals surface area contributed by atoms with Crippen LogP contribution in [-0.4, -0.2) is 24.8 Å². The molecular weight excluding hydrogens is 192 g/mol. The summed E-state index contributed by atoms with van der Waals surface area (Å²) < 4.78 is 4.47. The van der Waals surface area contributed by atoms with Crippen LogP contribution in [-0.2, 0) is 9.53 Å². The van der Waals surface area contributed by atoms with E-state index in [2.05, 4.69) is 4.74 Å². The molecule has 0 fully saturated rings. The van der Waals surface area contributed by atoms with Crippen LogP contribution in [0.1, 0.15) is 11.5 Å². The number of hydrogen-bond donors (Lipinski definition) is 1. The first-order valence-corrected chi connectivity index (χ1v) is 4.70. The number of rotatable bonds is 4. The van der Waals surface area contributed by atoms with Gasteiger partial charge < -0.3 is 9.84 Å². The van der Waals surface area contributed by atoms with Gasteiger partial charge in [0.1, 0.15) is 0 Å². The zero-order valence-corrected chi connectivity index (χ0v) is 8.59. The van der Waals surface area contributed by atoms with Gasteiger partial charge in [0, 0.05) is 12.0 Å². The van der Waals surface area contributed by atoms with Gasteiger partial charge in [-0.25, -0.2) is 4.79 Å². The van der Waals surface area contributed by atoms with Gasteiger partial charge in [0.25, 0.3) is 0 Å². The van der Waals surface area contributed by atoms with E-state index in [1.54, 1.807) is 6.08 Å². The summed E-state index contributed by atoms with van der Waals surface area (Å²) in [5, 5.41) is 9.16. The van der Waals surface area contributed by atoms with Crippen LogP contribution >= 0.6 is 0 Å². The summed E-state index contributed by atoms with van der Waals surface area (Å²) in [7, 11) is 1.32. The molecule has 3 heteroatoms. The monoisotopic (exact) mass is 206 g/mol. The first-order chi connectivity index (χ1) is 7.27. The van der Waals surface area contributed by atoms with Crippen LogP contribution in [0, 0.1) is 0 Å². The van der Waals surface area contributed by atoms with E-state index >= 15 is 0 Å². The highest BCUT2D eigenvalue weighted by Crippen LogP contribution is 2.15. The maximum Gasteiger partial charge on any atom is 0.330 e. The Morgan fingerprint density at radius 1 is 1.47 bits per heavy atom. The van der Waals surface area contributed by atoms with Crippen molar-refractivity contribution in [2.24, 2.45) is 0 Å². The highest BCUT2D eigenvalue weighted by molar-refractivity contribution is 5.81. The number of esters is 1. The van der Waals surface area contributed by atoms with Crippen LogP contribution in [0.5, 0.6) is 0 Å². The van der Waals surface area contributed by atoms with Gasteiger partial charge in [-0.1, -0.05) is 36.4 Å². The molecule has 1 unspecified atom stereocenters. The molecule has 0 radical (unpaired) electrons. The van der Waals surface area contributed by atoms with Crippen molar-refractivity contribution in [2.75, 3.05) is 13.7 Å². The molecule has 0 saturated carbocycles. The molecule has 0 aromatic heterocycles. The van der Waals surface area contributed by atoms with Crippen molar-refractivity contribution in [3.63, 3.8) is 0 Å². The van der Waals surface area contributed by atoms with Crippen molar-refractivity contribution >= 4 is 5.97 Å². The molecule has 0 aliphatic heterocycles. The third kappa shape index (κ3) is 3.56. The zero-order chi connectivity index (χ0) is 11.1. The highest BCUT2D eigenvalue weighted by Gasteiger charge is 2.06. The van der Waals surface area contributed by atoms with E-state index in [4.69, 9.17) is 5.11 Å². The molecule has 1 rings (SSSR count). The molecule has 80 valence electrons. The second-order valence-corrected chi connectivity index (χ2v) is 3.08. The topological polar surface area (TPSA) is 46.5 Å². The molecule has 3 nitrogen and oxygen atoms in total. The largest absolute Gasteiger partial charge is 0.466 e. The Bertz CT molecular complexity index is 330. The summed E-state index contributed by atoms with van der Waals surface area (Å²) in [5.41, 5.74) is 0.972. The fourth-order valence-electron chi connectivity index (χ4n) is 1.24. The second kappa shape index (κ2) is 5.98. The van der Waals surface area contributed by atoms with E-state index < -0.39 is 5.97 Å². The zero-order valence-electron chi connectivity index (χ0n) is 8.59. The van der Waals surface area contributed by atoms with Crippen molar-refractivity contribution in [2.45, 2.75) is 5.92 Å². The predicted molar refractivity (Wildman–Crippen MR) is 57.4 cm³/mol. The average Bonchev–Trinajstić information content (AvgIpc) is 2.31. The fraction of sp³-hybridized carbons (Fsp3) is 0.250. The standard InChI is InChI=1S/C12H14O3/c1-15-12(14)8-7-11(9-13)10-5-3-2-4-6-10/h2-8,11,13H,9H2,1H3/b8-7+. The van der Waals surface area contributed by atoms with Crippen molar-refractivity contribution in [1.29, 1.82) is 0 Å². The van der Waals surface area contributed by atoms with Crippen LogP contribution in [0.25, 0.3) is 0 Å². The van der Waals surface area contributed by atoms with Crippen molar-refractivity contribution in [1.82, 2.24) is 0 Å². The summed E-state index contributed by atoms with van der Waals surface area (Å²) >= 11 is 0. The van der Waals surface area contributed by atoms with Crippen molar-refractivity contribution < 1.29 is 14.6 Å². The molecule has 0 aliphatic rings. The summed E-state index contributed by atoms with van der Waals surface area (Å²) in [4.78, 5) is 10.9. The molecule has 0 spiro atoms. The van der Waals surface area contributed by atoms with Crippen molar-refractivity contribution in [3.8, 4) is 0 Å². The summed E-state index contributed by atoms with van der Waals surface area (Å²) in [6.45, 7) is -0.0303. The van der Waals surface area contributed by atoms with Gasteiger partial charge >= 0.3 is 5.97 Å². The van der Waals surface area contributed by atoms with Gasteiger partial charge in [-0.2, -0.15) is 0 Å². The third-order valence-electron chi connectivity index (χ3n) is 2.09. The minimum atomic E-state index is -0.413. The Hall–Kier alpha value is -1.61. The van der Waals surface area contributed by atoms with Crippen LogP contribution in [0.4, 0.5) is 0 Å². The van der Waals surface area contributed by atoms with Gasteiger partial charge in [-0.05, 0) is 5.56 Å². The van der Waals surface area contributed by atoms with E-state index in [1.807, 2.05) is 30.3 Å². The minimum absolute atomic E-state index is 0.0303. The number of methoxy groups -OCH3 is 1. The van der Waals surface area contributed by atoms with Gasteiger partial charge in [0.2, 0.25) is 0 Å². The molecule has 1 aromatic carbocycles. The Morgan fingerprint density at radius 2 is 2.13 bits per heavy atom. The number of benzene rings is 1. The Morgan fingerprint density at radius 3 is 2.67 bits per heavy atom. The number of hydrogen-bond acceptors (Lipinski definition) is 3. The molecule has 15 heavy (non-hydrogen) atoms. The van der Waals surface area contributed by atoms with Gasteiger partial charge in [-0.3, -0.25) is 0 Å². The molecule has 1 atom stereocenters. The van der Waals surface area contributed by atoms with E-state index in [9.17, 15) is 4.79 Å². The maximum atomic E-state index is 10.9. The first kappa shape index (κ1) is 11.5. The van der Waals surface area contributed by atoms with E-state index in [1.165, 1.54) is 13.2 Å². The van der Waals surface area contributed by atoms with Crippen LogP contribution in [0.2, 0.25) is 0 Å². The average molecular weight is 206 g/mol. The SMILES string of the molecule is COC(=O)/C=C/C(CO)c1ccccc1. The number of ether oxygens (including phenoxy) is 1. The third-order valence-corrected chi connectivity index (χ3v) is 2.09. The second-order valence-electron chi connectivity index (χ2n) is 3.08. The summed E-state index contributed by atoms with van der Waals surface area (Å²) in [6.07, 6.45) is 2.97. The molecule has 0 saturated heterocycles. The first-order valence-electron chi connectivity index (χ1n) is 4.70. The lowest BCUT2D eigenvalue weighted by Crippen LogP contribution is -2.02. The fourth-order valence-corrected chi connectivity index (χ4v) is 1.24. The quantitative estimate of drug-likeness (QED) is 0.599. The van der Waals surface area contributed by atoms with Crippen LogP contribution in [0.3, 0.4) is 0 Å². The number of aliphatic hydroxyl groups excluding tert-OH is 1. The van der Waals surface area contributed by atoms with E-state index in [-0.39, 0.29) is 12.5 Å². The van der Waals surface area contributed by atoms with Crippen LogP contribution in [0.15, 0.2) is 42.5 Å². The molecule has 0 aliphatic carbocycles.